The van der Waals surface area contributed by atoms with Crippen molar-refractivity contribution in [3.05, 3.63) is 71.2 Å². The molecule has 1 saturated heterocycles. The third kappa shape index (κ3) is 5.22. The molecule has 202 valence electrons. The largest absolute Gasteiger partial charge is 0.497 e. The molecule has 2 fully saturated rings. The van der Waals surface area contributed by atoms with Gasteiger partial charge in [0.25, 0.3) is 0 Å². The number of likely N-dealkylation sites (tertiary alicyclic amines) is 1. The maximum Gasteiger partial charge on any atom is 0.308 e. The van der Waals surface area contributed by atoms with Gasteiger partial charge < -0.3 is 14.9 Å². The molecule has 2 N–H and O–H groups in total. The van der Waals surface area contributed by atoms with Crippen molar-refractivity contribution in [3.8, 4) is 5.75 Å². The van der Waals surface area contributed by atoms with Gasteiger partial charge in [-0.15, -0.1) is 0 Å². The van der Waals surface area contributed by atoms with Crippen LogP contribution in [0.1, 0.15) is 55.3 Å². The fourth-order valence-electron chi connectivity index (χ4n) is 6.07. The molecule has 0 radical (unpaired) electrons. The number of methoxy groups -OCH3 is 1. The van der Waals surface area contributed by atoms with Crippen LogP contribution in [0.2, 0.25) is 0 Å². The molecule has 2 aromatic carbocycles. The summed E-state index contributed by atoms with van der Waals surface area (Å²) in [5, 5.41) is 21.8. The summed E-state index contributed by atoms with van der Waals surface area (Å²) in [6, 6.07) is 8.89. The second-order valence-corrected chi connectivity index (χ2v) is 10.5. The summed E-state index contributed by atoms with van der Waals surface area (Å²) in [5.74, 6) is -4.06. The highest BCUT2D eigenvalue weighted by molar-refractivity contribution is 5.83. The van der Waals surface area contributed by atoms with Gasteiger partial charge in [0, 0.05) is 30.2 Å². The predicted octanol–water partition coefficient (Wildman–Crippen LogP) is 5.44. The number of hydrogen-bond acceptors (Lipinski definition) is 5. The molecule has 3 atom stereocenters. The van der Waals surface area contributed by atoms with Gasteiger partial charge >= 0.3 is 5.97 Å². The van der Waals surface area contributed by atoms with Crippen molar-refractivity contribution in [2.45, 2.75) is 50.2 Å². The molecular formula is C29H31F3N2O4. The number of rotatable bonds is 8. The summed E-state index contributed by atoms with van der Waals surface area (Å²) in [4.78, 5) is 18.6. The third-order valence-electron chi connectivity index (χ3n) is 8.37. The minimum Gasteiger partial charge on any atom is -0.497 e. The van der Waals surface area contributed by atoms with Gasteiger partial charge in [-0.3, -0.25) is 14.7 Å². The lowest BCUT2D eigenvalue weighted by Gasteiger charge is -2.47. The fraction of sp³-hybridized carbons (Fsp3) is 0.448. The Balaban J connectivity index is 1.20. The van der Waals surface area contributed by atoms with Gasteiger partial charge in [0.1, 0.15) is 11.6 Å². The molecule has 6 nitrogen and oxygen atoms in total. The second-order valence-electron chi connectivity index (χ2n) is 10.5. The highest BCUT2D eigenvalue weighted by atomic mass is 19.2. The predicted molar refractivity (Wildman–Crippen MR) is 135 cm³/mol. The average molecular weight is 529 g/mol. The maximum atomic E-state index is 14.2. The van der Waals surface area contributed by atoms with Gasteiger partial charge in [-0.05, 0) is 91.9 Å². The Bertz CT molecular complexity index is 1330. The summed E-state index contributed by atoms with van der Waals surface area (Å²) in [5.41, 5.74) is 1.67. The SMILES string of the molecule is COc1ccc2nccc([C@@H](O)CC[C@@H]3CCN(C4CC(c5cc(F)c(F)cc5F)C4)C[C@@H]3C(=O)O)c2c1. The Morgan fingerprint density at radius 1 is 1.13 bits per heavy atom. The molecule has 2 aliphatic rings. The van der Waals surface area contributed by atoms with Crippen molar-refractivity contribution in [2.75, 3.05) is 20.2 Å². The van der Waals surface area contributed by atoms with E-state index < -0.39 is 35.4 Å². The van der Waals surface area contributed by atoms with Crippen LogP contribution in [0, 0.1) is 29.3 Å². The normalized spacial score (nSPS) is 24.7. The zero-order chi connectivity index (χ0) is 27.0. The van der Waals surface area contributed by atoms with E-state index in [1.807, 2.05) is 18.2 Å². The number of carboxylic acid groups (broad SMARTS) is 1. The molecule has 1 saturated carbocycles. The first-order chi connectivity index (χ1) is 18.2. The van der Waals surface area contributed by atoms with Crippen LogP contribution < -0.4 is 4.74 Å². The summed E-state index contributed by atoms with van der Waals surface area (Å²) in [6.07, 6.45) is 3.71. The van der Waals surface area contributed by atoms with E-state index in [9.17, 15) is 28.2 Å². The van der Waals surface area contributed by atoms with Crippen molar-refractivity contribution in [3.63, 3.8) is 0 Å². The molecule has 1 aliphatic heterocycles. The zero-order valence-corrected chi connectivity index (χ0v) is 21.1. The molecule has 9 heteroatoms. The maximum absolute atomic E-state index is 14.2. The Kier molecular flexibility index (Phi) is 7.59. The Morgan fingerprint density at radius 3 is 2.63 bits per heavy atom. The number of nitrogens with zero attached hydrogens (tertiary/aromatic N) is 2. The first-order valence-electron chi connectivity index (χ1n) is 13.0. The summed E-state index contributed by atoms with van der Waals surface area (Å²) < 4.78 is 46.4. The highest BCUT2D eigenvalue weighted by Gasteiger charge is 2.42. The summed E-state index contributed by atoms with van der Waals surface area (Å²) >= 11 is 0. The number of benzene rings is 2. The minimum atomic E-state index is -1.20. The van der Waals surface area contributed by atoms with E-state index >= 15 is 0 Å². The molecule has 3 aromatic rings. The standard InChI is InChI=1S/C29H31F3N2O4/c1-38-19-3-4-27-22(12-19)20(6-8-33-27)28(35)5-2-16-7-9-34(15-23(16)29(36)37)18-10-17(11-18)21-13-25(31)26(32)14-24(21)30/h3-4,6,8,12-14,16-18,23,28,35H,2,5,7,9-11,15H2,1H3,(H,36,37)/t16-,17?,18?,23+,28+/m1/s1. The van der Waals surface area contributed by atoms with E-state index in [2.05, 4.69) is 9.88 Å². The van der Waals surface area contributed by atoms with Crippen LogP contribution in [0.5, 0.6) is 5.75 Å². The fourth-order valence-corrected chi connectivity index (χ4v) is 6.07. The van der Waals surface area contributed by atoms with Gasteiger partial charge in [0.15, 0.2) is 11.6 Å². The van der Waals surface area contributed by atoms with Crippen molar-refractivity contribution in [1.29, 1.82) is 0 Å². The molecule has 0 bridgehead atoms. The average Bonchev–Trinajstić information content (AvgIpc) is 2.88. The van der Waals surface area contributed by atoms with Crippen LogP contribution in [0.3, 0.4) is 0 Å². The van der Waals surface area contributed by atoms with Crippen LogP contribution in [-0.2, 0) is 4.79 Å². The van der Waals surface area contributed by atoms with E-state index in [1.165, 1.54) is 0 Å². The lowest BCUT2D eigenvalue weighted by molar-refractivity contribution is -0.147. The Labute approximate surface area is 219 Å². The summed E-state index contributed by atoms with van der Waals surface area (Å²) in [7, 11) is 1.58. The van der Waals surface area contributed by atoms with E-state index in [0.717, 1.165) is 22.5 Å². The quantitative estimate of drug-likeness (QED) is 0.379. The Hall–Kier alpha value is -3.17. The molecule has 38 heavy (non-hydrogen) atoms. The van der Waals surface area contributed by atoms with Gasteiger partial charge in [-0.25, -0.2) is 13.2 Å². The van der Waals surface area contributed by atoms with Gasteiger partial charge in [0.05, 0.1) is 24.6 Å². The molecular weight excluding hydrogens is 497 g/mol. The summed E-state index contributed by atoms with van der Waals surface area (Å²) in [6.45, 7) is 1.08. The molecule has 0 spiro atoms. The monoisotopic (exact) mass is 528 g/mol. The molecule has 2 heterocycles. The van der Waals surface area contributed by atoms with Gasteiger partial charge in [-0.1, -0.05) is 0 Å². The first-order valence-corrected chi connectivity index (χ1v) is 13.0. The number of hydrogen-bond donors (Lipinski definition) is 2. The van der Waals surface area contributed by atoms with Crippen LogP contribution in [0.4, 0.5) is 13.2 Å². The number of carbonyl (C=O) groups is 1. The number of aromatic nitrogens is 1. The number of fused-ring (bicyclic) bond motifs is 1. The number of pyridine rings is 1. The van der Waals surface area contributed by atoms with E-state index in [1.54, 1.807) is 19.4 Å². The molecule has 5 rings (SSSR count). The molecule has 0 unspecified atom stereocenters. The number of aliphatic carboxylic acids is 1. The highest BCUT2D eigenvalue weighted by Crippen LogP contribution is 2.43. The second kappa shape index (κ2) is 10.9. The topological polar surface area (TPSA) is 82.9 Å². The van der Waals surface area contributed by atoms with E-state index in [-0.39, 0.29) is 23.4 Å². The lowest BCUT2D eigenvalue weighted by atomic mass is 9.73. The van der Waals surface area contributed by atoms with Crippen LogP contribution in [0.15, 0.2) is 42.6 Å². The lowest BCUT2D eigenvalue weighted by Crippen LogP contribution is -2.52. The van der Waals surface area contributed by atoms with E-state index in [4.69, 9.17) is 4.74 Å². The van der Waals surface area contributed by atoms with Crippen molar-refractivity contribution < 1.29 is 32.9 Å². The van der Waals surface area contributed by atoms with Crippen molar-refractivity contribution in [1.82, 2.24) is 9.88 Å². The molecule has 1 aromatic heterocycles. The van der Waals surface area contributed by atoms with Crippen molar-refractivity contribution >= 4 is 16.9 Å². The number of carboxylic acids is 1. The third-order valence-corrected chi connectivity index (χ3v) is 8.37. The molecule has 0 amide bonds. The van der Waals surface area contributed by atoms with Crippen LogP contribution in [0.25, 0.3) is 10.9 Å². The smallest absolute Gasteiger partial charge is 0.308 e. The minimum absolute atomic E-state index is 0.0825. The van der Waals surface area contributed by atoms with Gasteiger partial charge in [0.2, 0.25) is 0 Å². The number of ether oxygens (including phenoxy) is 1. The number of aliphatic hydroxyl groups is 1. The van der Waals surface area contributed by atoms with Crippen LogP contribution in [-0.4, -0.2) is 52.3 Å². The number of aliphatic hydroxyl groups excluding tert-OH is 1. The van der Waals surface area contributed by atoms with Gasteiger partial charge in [-0.2, -0.15) is 0 Å². The zero-order valence-electron chi connectivity index (χ0n) is 21.1. The van der Waals surface area contributed by atoms with Crippen LogP contribution >= 0.6 is 0 Å². The van der Waals surface area contributed by atoms with E-state index in [0.29, 0.717) is 57.0 Å². The first kappa shape index (κ1) is 26.4. The van der Waals surface area contributed by atoms with Crippen molar-refractivity contribution in [2.24, 2.45) is 11.8 Å². The Morgan fingerprint density at radius 2 is 1.89 bits per heavy atom. The number of halogens is 3. The molecule has 1 aliphatic carbocycles. The number of piperidine rings is 1.